The summed E-state index contributed by atoms with van der Waals surface area (Å²) in [5.74, 6) is 0.712. The maximum Gasteiger partial charge on any atom is 0.415 e. The van der Waals surface area contributed by atoms with Crippen LogP contribution in [0.5, 0.6) is 5.75 Å². The summed E-state index contributed by atoms with van der Waals surface area (Å²) in [4.78, 5) is 14.4. The predicted molar refractivity (Wildman–Crippen MR) is 117 cm³/mol. The molecule has 1 saturated heterocycles. The highest BCUT2D eigenvalue weighted by molar-refractivity contribution is 7.89. The number of amides is 1. The summed E-state index contributed by atoms with van der Waals surface area (Å²) in [5, 5.41) is 0. The number of nitrogens with one attached hydrogen (secondary N) is 1. The monoisotopic (exact) mass is 430 g/mol. The van der Waals surface area contributed by atoms with E-state index in [9.17, 15) is 13.2 Å². The number of carbonyl (C=O) groups excluding carboxylic acids is 1. The van der Waals surface area contributed by atoms with Crippen molar-refractivity contribution in [3.05, 3.63) is 58.7 Å². The summed E-state index contributed by atoms with van der Waals surface area (Å²) in [6.45, 7) is 9.06. The van der Waals surface area contributed by atoms with Crippen LogP contribution in [0, 0.1) is 33.6 Å². The van der Waals surface area contributed by atoms with E-state index < -0.39 is 10.0 Å². The Balaban J connectivity index is 1.56. The Morgan fingerprint density at radius 2 is 1.60 bits per heavy atom. The molecule has 3 rings (SSSR count). The Morgan fingerprint density at radius 1 is 1.03 bits per heavy atom. The molecule has 1 aliphatic heterocycles. The summed E-state index contributed by atoms with van der Waals surface area (Å²) in [7, 11) is -3.59. The lowest BCUT2D eigenvalue weighted by atomic mass is 9.97. The molecule has 0 bridgehead atoms. The molecule has 7 heteroatoms. The first-order chi connectivity index (χ1) is 14.2. The Hall–Kier alpha value is -2.38. The van der Waals surface area contributed by atoms with E-state index in [2.05, 4.69) is 4.72 Å². The molecule has 0 spiro atoms. The fourth-order valence-corrected chi connectivity index (χ4v) is 5.58. The quantitative estimate of drug-likeness (QED) is 0.775. The molecule has 2 aromatic carbocycles. The van der Waals surface area contributed by atoms with Crippen LogP contribution in [0.2, 0.25) is 0 Å². The number of benzene rings is 2. The van der Waals surface area contributed by atoms with Crippen LogP contribution < -0.4 is 9.46 Å². The van der Waals surface area contributed by atoms with Gasteiger partial charge in [-0.2, -0.15) is 0 Å². The van der Waals surface area contributed by atoms with E-state index in [1.165, 1.54) is 0 Å². The number of hydrogen-bond donors (Lipinski definition) is 1. The van der Waals surface area contributed by atoms with E-state index in [-0.39, 0.29) is 12.0 Å². The summed E-state index contributed by atoms with van der Waals surface area (Å²) in [5.41, 5.74) is 3.54. The average Bonchev–Trinajstić information content (AvgIpc) is 2.72. The molecule has 1 N–H and O–H groups in total. The molecular weight excluding hydrogens is 400 g/mol. The molecule has 1 amide bonds. The smallest absolute Gasteiger partial charge is 0.410 e. The van der Waals surface area contributed by atoms with E-state index in [0.717, 1.165) is 35.1 Å². The Bertz CT molecular complexity index is 985. The van der Waals surface area contributed by atoms with Crippen molar-refractivity contribution in [2.24, 2.45) is 5.92 Å². The van der Waals surface area contributed by atoms with Crippen LogP contribution in [0.3, 0.4) is 0 Å². The number of likely N-dealkylation sites (tertiary alicyclic amines) is 1. The molecule has 1 fully saturated rings. The molecule has 6 nitrogen and oxygen atoms in total. The summed E-state index contributed by atoms with van der Waals surface area (Å²) in [6, 6.07) is 11.0. The van der Waals surface area contributed by atoms with Crippen LogP contribution in [0.25, 0.3) is 0 Å². The molecule has 0 aliphatic carbocycles. The third kappa shape index (κ3) is 5.02. The van der Waals surface area contributed by atoms with Gasteiger partial charge in [-0.1, -0.05) is 24.3 Å². The number of aryl methyl sites for hydroxylation is 2. The molecule has 0 unspecified atom stereocenters. The molecule has 0 saturated carbocycles. The summed E-state index contributed by atoms with van der Waals surface area (Å²) >= 11 is 0. The van der Waals surface area contributed by atoms with Crippen molar-refractivity contribution in [1.29, 1.82) is 0 Å². The Morgan fingerprint density at radius 3 is 2.17 bits per heavy atom. The Labute approximate surface area is 179 Å². The fraction of sp³-hybridized carbons (Fsp3) is 0.435. The Kier molecular flexibility index (Phi) is 6.83. The topological polar surface area (TPSA) is 75.7 Å². The van der Waals surface area contributed by atoms with E-state index in [1.54, 1.807) is 17.0 Å². The van der Waals surface area contributed by atoms with Crippen LogP contribution in [0.15, 0.2) is 41.3 Å². The molecule has 0 atom stereocenters. The molecule has 30 heavy (non-hydrogen) atoms. The molecule has 1 aliphatic rings. The predicted octanol–water partition coefficient (Wildman–Crippen LogP) is 4.11. The van der Waals surface area contributed by atoms with E-state index in [1.807, 2.05) is 52.0 Å². The fourth-order valence-electron chi connectivity index (χ4n) is 3.86. The van der Waals surface area contributed by atoms with Crippen LogP contribution in [-0.4, -0.2) is 39.0 Å². The number of hydrogen-bond acceptors (Lipinski definition) is 4. The zero-order valence-electron chi connectivity index (χ0n) is 18.1. The van der Waals surface area contributed by atoms with Gasteiger partial charge in [0.05, 0.1) is 4.90 Å². The lowest BCUT2D eigenvalue weighted by Gasteiger charge is -2.31. The van der Waals surface area contributed by atoms with E-state index in [4.69, 9.17) is 4.74 Å². The van der Waals surface area contributed by atoms with Gasteiger partial charge < -0.3 is 9.64 Å². The standard InChI is InChI=1S/C23H30N2O4S/c1-16-14-17(2)19(4)22(18(16)3)30(27,28)24-15-20-10-12-25(13-11-20)23(26)29-21-8-6-5-7-9-21/h5-9,14,20,24H,10-13,15H2,1-4H3. The van der Waals surface area contributed by atoms with Gasteiger partial charge in [-0.15, -0.1) is 0 Å². The zero-order chi connectivity index (χ0) is 21.9. The van der Waals surface area contributed by atoms with Gasteiger partial charge in [-0.25, -0.2) is 17.9 Å². The van der Waals surface area contributed by atoms with Gasteiger partial charge in [0, 0.05) is 19.6 Å². The second kappa shape index (κ2) is 9.18. The van der Waals surface area contributed by atoms with Gasteiger partial charge in [0.15, 0.2) is 0 Å². The highest BCUT2D eigenvalue weighted by Crippen LogP contribution is 2.26. The second-order valence-corrected chi connectivity index (χ2v) is 9.76. The molecule has 1 heterocycles. The van der Waals surface area contributed by atoms with Crippen LogP contribution >= 0.6 is 0 Å². The van der Waals surface area contributed by atoms with Crippen molar-refractivity contribution in [3.63, 3.8) is 0 Å². The number of nitrogens with zero attached hydrogens (tertiary/aromatic N) is 1. The van der Waals surface area contributed by atoms with Crippen molar-refractivity contribution in [3.8, 4) is 5.75 Å². The number of carbonyl (C=O) groups is 1. The van der Waals surface area contributed by atoms with Crippen molar-refractivity contribution >= 4 is 16.1 Å². The van der Waals surface area contributed by atoms with Gasteiger partial charge in [-0.05, 0) is 80.8 Å². The van der Waals surface area contributed by atoms with Crippen LogP contribution in [0.1, 0.15) is 35.1 Å². The maximum atomic E-state index is 13.0. The highest BCUT2D eigenvalue weighted by atomic mass is 32.2. The first kappa shape index (κ1) is 22.3. The molecular formula is C23H30N2O4S. The minimum absolute atomic E-state index is 0.187. The van der Waals surface area contributed by atoms with Gasteiger partial charge in [0.1, 0.15) is 5.75 Å². The number of sulfonamides is 1. The second-order valence-electron chi connectivity index (χ2n) is 8.05. The van der Waals surface area contributed by atoms with Gasteiger partial charge in [0.25, 0.3) is 0 Å². The number of piperidine rings is 1. The number of para-hydroxylation sites is 1. The number of rotatable bonds is 5. The molecule has 0 radical (unpaired) electrons. The lowest BCUT2D eigenvalue weighted by molar-refractivity contribution is 0.131. The van der Waals surface area contributed by atoms with Crippen molar-refractivity contribution in [2.45, 2.75) is 45.4 Å². The van der Waals surface area contributed by atoms with Crippen molar-refractivity contribution in [1.82, 2.24) is 9.62 Å². The lowest BCUT2D eigenvalue weighted by Crippen LogP contribution is -2.42. The summed E-state index contributed by atoms with van der Waals surface area (Å²) in [6.07, 6.45) is 1.11. The zero-order valence-corrected chi connectivity index (χ0v) is 18.9. The highest BCUT2D eigenvalue weighted by Gasteiger charge is 2.27. The minimum Gasteiger partial charge on any atom is -0.410 e. The van der Waals surface area contributed by atoms with Crippen molar-refractivity contribution < 1.29 is 17.9 Å². The van der Waals surface area contributed by atoms with E-state index in [0.29, 0.717) is 30.3 Å². The van der Waals surface area contributed by atoms with Crippen molar-refractivity contribution in [2.75, 3.05) is 19.6 Å². The minimum atomic E-state index is -3.59. The van der Waals surface area contributed by atoms with Gasteiger partial charge >= 0.3 is 6.09 Å². The van der Waals surface area contributed by atoms with Gasteiger partial charge in [-0.3, -0.25) is 0 Å². The van der Waals surface area contributed by atoms with Crippen LogP contribution in [0.4, 0.5) is 4.79 Å². The SMILES string of the molecule is Cc1cc(C)c(C)c(S(=O)(=O)NCC2CCN(C(=O)Oc3ccccc3)CC2)c1C. The average molecular weight is 431 g/mol. The first-order valence-corrected chi connectivity index (χ1v) is 11.8. The van der Waals surface area contributed by atoms with Gasteiger partial charge in [0.2, 0.25) is 10.0 Å². The normalized spacial score (nSPS) is 15.3. The maximum absolute atomic E-state index is 13.0. The number of ether oxygens (including phenoxy) is 1. The third-order valence-corrected chi connectivity index (χ3v) is 7.65. The summed E-state index contributed by atoms with van der Waals surface area (Å²) < 4.78 is 34.2. The molecule has 162 valence electrons. The largest absolute Gasteiger partial charge is 0.415 e. The third-order valence-electron chi connectivity index (χ3n) is 5.95. The van der Waals surface area contributed by atoms with E-state index >= 15 is 0 Å². The first-order valence-electron chi connectivity index (χ1n) is 10.3. The molecule has 0 aromatic heterocycles. The van der Waals surface area contributed by atoms with Crippen LogP contribution in [-0.2, 0) is 10.0 Å². The molecule has 2 aromatic rings.